The lowest BCUT2D eigenvalue weighted by Crippen LogP contribution is -2.42. The molecule has 1 aromatic carbocycles. The molecule has 0 aromatic heterocycles. The summed E-state index contributed by atoms with van der Waals surface area (Å²) in [4.78, 5) is 10.7. The van der Waals surface area contributed by atoms with Gasteiger partial charge in [-0.25, -0.2) is 13.2 Å². The molecule has 1 fully saturated rings. The monoisotopic (exact) mass is 301 g/mol. The van der Waals surface area contributed by atoms with Crippen molar-refractivity contribution >= 4 is 16.0 Å². The summed E-state index contributed by atoms with van der Waals surface area (Å²) in [5.41, 5.74) is -0.469. The van der Waals surface area contributed by atoms with Crippen LogP contribution in [0.2, 0.25) is 0 Å². The number of rotatable bonds is 3. The molecule has 1 aliphatic heterocycles. The highest BCUT2D eigenvalue weighted by atomic mass is 32.2. The summed E-state index contributed by atoms with van der Waals surface area (Å²) in [6.07, 6.45) is 0.376. The van der Waals surface area contributed by atoms with E-state index >= 15 is 0 Å². The van der Waals surface area contributed by atoms with Gasteiger partial charge in [0.15, 0.2) is 0 Å². The fraction of sp³-hybridized carbons (Fsp3) is 0.417. The molecule has 3 N–H and O–H groups in total. The zero-order chi connectivity index (χ0) is 14.9. The fourth-order valence-electron chi connectivity index (χ4n) is 2.14. The Morgan fingerprint density at radius 3 is 2.65 bits per heavy atom. The highest BCUT2D eigenvalue weighted by molar-refractivity contribution is 7.89. The molecular formula is C12H15NO6S. The van der Waals surface area contributed by atoms with Gasteiger partial charge in [0.2, 0.25) is 10.0 Å². The Labute approximate surface area is 116 Å². The van der Waals surface area contributed by atoms with Crippen molar-refractivity contribution in [2.24, 2.45) is 0 Å². The quantitative estimate of drug-likeness (QED) is 0.736. The Morgan fingerprint density at radius 1 is 1.35 bits per heavy atom. The van der Waals surface area contributed by atoms with Gasteiger partial charge in [-0.15, -0.1) is 0 Å². The van der Waals surface area contributed by atoms with Crippen LogP contribution < -0.4 is 0 Å². The molecule has 0 amide bonds. The van der Waals surface area contributed by atoms with Crippen LogP contribution in [0.15, 0.2) is 23.1 Å². The highest BCUT2D eigenvalue weighted by Crippen LogP contribution is 2.25. The van der Waals surface area contributed by atoms with Crippen molar-refractivity contribution in [2.75, 3.05) is 13.1 Å². The van der Waals surface area contributed by atoms with E-state index < -0.39 is 33.4 Å². The number of benzene rings is 1. The Bertz CT molecular complexity index is 627. The summed E-state index contributed by atoms with van der Waals surface area (Å²) in [5, 5.41) is 27.8. The van der Waals surface area contributed by atoms with Crippen molar-refractivity contribution < 1.29 is 28.5 Å². The molecule has 1 heterocycles. The number of aliphatic hydroxyl groups excluding tert-OH is 1. The number of β-amino-alcohol motifs (C(OH)–C–C–N with tert-alkyl or cyclic N) is 1. The van der Waals surface area contributed by atoms with E-state index in [0.29, 0.717) is 12.8 Å². The molecule has 0 bridgehead atoms. The number of sulfonamides is 1. The lowest BCUT2D eigenvalue weighted by Gasteiger charge is -2.29. The third-order valence-electron chi connectivity index (χ3n) is 3.20. The first kappa shape index (κ1) is 14.8. The average Bonchev–Trinajstić information content (AvgIpc) is 2.38. The smallest absolute Gasteiger partial charge is 0.339 e. The molecule has 1 aromatic rings. The van der Waals surface area contributed by atoms with Crippen LogP contribution in [0.3, 0.4) is 0 Å². The molecule has 1 unspecified atom stereocenters. The number of aliphatic hydroxyl groups is 1. The summed E-state index contributed by atoms with van der Waals surface area (Å²) in [6.45, 7) is 0.272. The molecule has 0 saturated carbocycles. The Kier molecular flexibility index (Phi) is 3.98. The van der Waals surface area contributed by atoms with Crippen LogP contribution in [0, 0.1) is 0 Å². The molecule has 0 aliphatic carbocycles. The fourth-order valence-corrected chi connectivity index (χ4v) is 3.68. The zero-order valence-corrected chi connectivity index (χ0v) is 11.4. The summed E-state index contributed by atoms with van der Waals surface area (Å²) >= 11 is 0. The minimum absolute atomic E-state index is 0.00832. The predicted molar refractivity (Wildman–Crippen MR) is 69.1 cm³/mol. The number of aromatic hydroxyl groups is 1. The van der Waals surface area contributed by atoms with Crippen molar-refractivity contribution in [3.8, 4) is 5.75 Å². The van der Waals surface area contributed by atoms with Crippen LogP contribution in [0.4, 0.5) is 0 Å². The Morgan fingerprint density at radius 2 is 2.05 bits per heavy atom. The first-order chi connectivity index (χ1) is 9.32. The Hall–Kier alpha value is -1.64. The molecule has 0 radical (unpaired) electrons. The van der Waals surface area contributed by atoms with E-state index in [0.717, 1.165) is 22.5 Å². The lowest BCUT2D eigenvalue weighted by atomic mass is 10.1. The SMILES string of the molecule is O=C(O)c1cc(S(=O)(=O)N2CCCC(O)C2)ccc1O. The van der Waals surface area contributed by atoms with Crippen LogP contribution in [0.1, 0.15) is 23.2 Å². The number of piperidine rings is 1. The van der Waals surface area contributed by atoms with Crippen LogP contribution in [0.25, 0.3) is 0 Å². The van der Waals surface area contributed by atoms with Crippen LogP contribution in [-0.2, 0) is 10.0 Å². The van der Waals surface area contributed by atoms with Crippen LogP contribution in [-0.4, -0.2) is 53.2 Å². The van der Waals surface area contributed by atoms with Crippen molar-refractivity contribution in [3.63, 3.8) is 0 Å². The molecule has 1 atom stereocenters. The van der Waals surface area contributed by atoms with Gasteiger partial charge >= 0.3 is 5.97 Å². The van der Waals surface area contributed by atoms with Gasteiger partial charge in [0.1, 0.15) is 11.3 Å². The first-order valence-electron chi connectivity index (χ1n) is 6.07. The lowest BCUT2D eigenvalue weighted by molar-refractivity contribution is 0.0693. The van der Waals surface area contributed by atoms with E-state index in [4.69, 9.17) is 5.11 Å². The van der Waals surface area contributed by atoms with Gasteiger partial charge < -0.3 is 15.3 Å². The molecule has 20 heavy (non-hydrogen) atoms. The summed E-state index contributed by atoms with van der Waals surface area (Å²) in [6, 6.07) is 3.11. The molecule has 1 aliphatic rings. The van der Waals surface area contributed by atoms with E-state index in [1.54, 1.807) is 0 Å². The minimum atomic E-state index is -3.87. The second-order valence-electron chi connectivity index (χ2n) is 4.64. The summed E-state index contributed by atoms with van der Waals surface area (Å²) in [7, 11) is -3.87. The van der Waals surface area contributed by atoms with E-state index in [1.165, 1.54) is 0 Å². The third-order valence-corrected chi connectivity index (χ3v) is 5.06. The van der Waals surface area contributed by atoms with Crippen LogP contribution in [0.5, 0.6) is 5.75 Å². The van der Waals surface area contributed by atoms with Gasteiger partial charge in [-0.2, -0.15) is 4.31 Å². The molecule has 0 spiro atoms. The molecule has 110 valence electrons. The minimum Gasteiger partial charge on any atom is -0.507 e. The molecule has 2 rings (SSSR count). The second-order valence-corrected chi connectivity index (χ2v) is 6.58. The van der Waals surface area contributed by atoms with Gasteiger partial charge in [0.25, 0.3) is 0 Å². The number of hydrogen-bond donors (Lipinski definition) is 3. The number of hydrogen-bond acceptors (Lipinski definition) is 5. The third kappa shape index (κ3) is 2.77. The maximum atomic E-state index is 12.4. The summed E-state index contributed by atoms with van der Waals surface area (Å²) < 4.78 is 25.8. The highest BCUT2D eigenvalue weighted by Gasteiger charge is 2.30. The largest absolute Gasteiger partial charge is 0.507 e. The van der Waals surface area contributed by atoms with E-state index in [-0.39, 0.29) is 18.0 Å². The number of carboxylic acid groups (broad SMARTS) is 1. The maximum Gasteiger partial charge on any atom is 0.339 e. The summed E-state index contributed by atoms with van der Waals surface area (Å²) in [5.74, 6) is -1.90. The molecule has 7 nitrogen and oxygen atoms in total. The number of aromatic carboxylic acids is 1. The first-order valence-corrected chi connectivity index (χ1v) is 7.51. The van der Waals surface area contributed by atoms with Gasteiger partial charge in [0, 0.05) is 13.1 Å². The topological polar surface area (TPSA) is 115 Å². The van der Waals surface area contributed by atoms with Crippen molar-refractivity contribution in [3.05, 3.63) is 23.8 Å². The zero-order valence-electron chi connectivity index (χ0n) is 10.6. The molecule has 8 heteroatoms. The molecule has 1 saturated heterocycles. The Balaban J connectivity index is 2.39. The van der Waals surface area contributed by atoms with E-state index in [2.05, 4.69) is 0 Å². The van der Waals surface area contributed by atoms with Crippen molar-refractivity contribution in [2.45, 2.75) is 23.8 Å². The standard InChI is InChI=1S/C12H15NO6S/c14-8-2-1-5-13(7-8)20(18,19)9-3-4-11(15)10(6-9)12(16)17/h3-4,6,8,14-15H,1-2,5,7H2,(H,16,17). The number of carboxylic acids is 1. The van der Waals surface area contributed by atoms with Crippen LogP contribution >= 0.6 is 0 Å². The van der Waals surface area contributed by atoms with Gasteiger partial charge in [-0.3, -0.25) is 0 Å². The second kappa shape index (κ2) is 5.39. The predicted octanol–water partition coefficient (Wildman–Crippen LogP) is 0.236. The maximum absolute atomic E-state index is 12.4. The normalized spacial score (nSPS) is 20.8. The van der Waals surface area contributed by atoms with Gasteiger partial charge in [-0.05, 0) is 31.0 Å². The van der Waals surface area contributed by atoms with Gasteiger partial charge in [0.05, 0.1) is 11.0 Å². The van der Waals surface area contributed by atoms with E-state index in [9.17, 15) is 23.4 Å². The van der Waals surface area contributed by atoms with Crippen molar-refractivity contribution in [1.82, 2.24) is 4.31 Å². The number of nitrogens with zero attached hydrogens (tertiary/aromatic N) is 1. The number of phenols is 1. The number of carbonyl (C=O) groups is 1. The average molecular weight is 301 g/mol. The molecular weight excluding hydrogens is 286 g/mol. The van der Waals surface area contributed by atoms with E-state index in [1.807, 2.05) is 0 Å². The van der Waals surface area contributed by atoms with Crippen molar-refractivity contribution in [1.29, 1.82) is 0 Å². The van der Waals surface area contributed by atoms with Gasteiger partial charge in [-0.1, -0.05) is 0 Å².